The van der Waals surface area contributed by atoms with E-state index in [2.05, 4.69) is 10.9 Å². The van der Waals surface area contributed by atoms with E-state index in [1.165, 1.54) is 6.08 Å². The Morgan fingerprint density at radius 1 is 1.50 bits per heavy atom. The molecular formula is C8H9FN2O. The van der Waals surface area contributed by atoms with Gasteiger partial charge in [0.1, 0.15) is 5.83 Å². The van der Waals surface area contributed by atoms with Crippen molar-refractivity contribution in [3.63, 3.8) is 0 Å². The Labute approximate surface area is 69.3 Å². The fraction of sp³-hybridized carbons (Fsp3) is 0.375. The highest BCUT2D eigenvalue weighted by Gasteiger charge is 2.34. The SMILES string of the molecule is CC1=CC2C(=O)NNC2C=C1F. The molecular weight excluding hydrogens is 159 g/mol. The van der Waals surface area contributed by atoms with E-state index in [1.807, 2.05) is 0 Å². The van der Waals surface area contributed by atoms with E-state index in [1.54, 1.807) is 13.0 Å². The molecule has 64 valence electrons. The first-order chi connectivity index (χ1) is 5.68. The van der Waals surface area contributed by atoms with Crippen molar-refractivity contribution in [1.82, 2.24) is 10.9 Å². The lowest BCUT2D eigenvalue weighted by Gasteiger charge is -2.15. The molecule has 4 heteroatoms. The first-order valence-corrected chi connectivity index (χ1v) is 3.80. The van der Waals surface area contributed by atoms with Crippen LogP contribution < -0.4 is 10.9 Å². The molecule has 0 bridgehead atoms. The number of hydrazine groups is 1. The van der Waals surface area contributed by atoms with Crippen LogP contribution in [0.4, 0.5) is 4.39 Å². The molecule has 1 fully saturated rings. The number of fused-ring (bicyclic) bond motifs is 1. The summed E-state index contributed by atoms with van der Waals surface area (Å²) in [7, 11) is 0. The van der Waals surface area contributed by atoms with E-state index < -0.39 is 0 Å². The third kappa shape index (κ3) is 0.956. The van der Waals surface area contributed by atoms with Crippen molar-refractivity contribution in [3.05, 3.63) is 23.6 Å². The van der Waals surface area contributed by atoms with Gasteiger partial charge in [-0.3, -0.25) is 10.2 Å². The second kappa shape index (κ2) is 2.42. The number of rotatable bonds is 0. The van der Waals surface area contributed by atoms with Gasteiger partial charge >= 0.3 is 0 Å². The molecule has 1 heterocycles. The molecule has 0 aromatic carbocycles. The van der Waals surface area contributed by atoms with E-state index in [0.29, 0.717) is 5.57 Å². The third-order valence-electron chi connectivity index (χ3n) is 2.18. The Bertz CT molecular complexity index is 295. The van der Waals surface area contributed by atoms with Crippen molar-refractivity contribution in [3.8, 4) is 0 Å². The summed E-state index contributed by atoms with van der Waals surface area (Å²) in [4.78, 5) is 11.1. The van der Waals surface area contributed by atoms with Crippen LogP contribution in [-0.4, -0.2) is 11.9 Å². The van der Waals surface area contributed by atoms with Gasteiger partial charge in [-0.05, 0) is 18.6 Å². The lowest BCUT2D eigenvalue weighted by atomic mass is 9.93. The summed E-state index contributed by atoms with van der Waals surface area (Å²) < 4.78 is 13.0. The topological polar surface area (TPSA) is 41.1 Å². The maximum Gasteiger partial charge on any atom is 0.243 e. The fourth-order valence-electron chi connectivity index (χ4n) is 1.45. The predicted octanol–water partition coefficient (Wildman–Crippen LogP) is 0.419. The van der Waals surface area contributed by atoms with Gasteiger partial charge in [-0.1, -0.05) is 6.08 Å². The van der Waals surface area contributed by atoms with Crippen molar-refractivity contribution in [2.24, 2.45) is 5.92 Å². The summed E-state index contributed by atoms with van der Waals surface area (Å²) in [6, 6.07) is -0.221. The normalized spacial score (nSPS) is 33.7. The van der Waals surface area contributed by atoms with Crippen LogP contribution in [0.15, 0.2) is 23.6 Å². The average molecular weight is 168 g/mol. The average Bonchev–Trinajstić information content (AvgIpc) is 2.35. The van der Waals surface area contributed by atoms with Gasteiger partial charge in [-0.2, -0.15) is 0 Å². The van der Waals surface area contributed by atoms with Crippen LogP contribution in [0.25, 0.3) is 0 Å². The Morgan fingerprint density at radius 2 is 2.25 bits per heavy atom. The van der Waals surface area contributed by atoms with Crippen LogP contribution in [0.5, 0.6) is 0 Å². The molecule has 0 aromatic heterocycles. The van der Waals surface area contributed by atoms with Crippen molar-refractivity contribution < 1.29 is 9.18 Å². The summed E-state index contributed by atoms with van der Waals surface area (Å²) in [6.07, 6.45) is 3.08. The molecule has 1 amide bonds. The molecule has 1 saturated heterocycles. The number of hydrogen-bond donors (Lipinski definition) is 2. The van der Waals surface area contributed by atoms with E-state index in [0.717, 1.165) is 0 Å². The molecule has 2 rings (SSSR count). The monoisotopic (exact) mass is 168 g/mol. The van der Waals surface area contributed by atoms with Crippen LogP contribution >= 0.6 is 0 Å². The summed E-state index contributed by atoms with van der Waals surface area (Å²) >= 11 is 0. The lowest BCUT2D eigenvalue weighted by Crippen LogP contribution is -2.31. The molecule has 2 aliphatic rings. The van der Waals surface area contributed by atoms with Gasteiger partial charge in [0, 0.05) is 0 Å². The van der Waals surface area contributed by atoms with Crippen LogP contribution in [0.2, 0.25) is 0 Å². The number of allylic oxidation sites excluding steroid dienone is 2. The van der Waals surface area contributed by atoms with Gasteiger partial charge in [-0.15, -0.1) is 0 Å². The Morgan fingerprint density at radius 3 is 3.00 bits per heavy atom. The summed E-state index contributed by atoms with van der Waals surface area (Å²) in [5.74, 6) is -0.590. The summed E-state index contributed by atoms with van der Waals surface area (Å²) in [6.45, 7) is 1.66. The standard InChI is InChI=1S/C8H9FN2O/c1-4-2-5-7(3-6(4)9)10-11-8(5)12/h2-3,5,7,10H,1H3,(H,11,12). The molecule has 12 heavy (non-hydrogen) atoms. The Kier molecular flexibility index (Phi) is 1.51. The zero-order valence-corrected chi connectivity index (χ0v) is 6.60. The molecule has 3 nitrogen and oxygen atoms in total. The van der Waals surface area contributed by atoms with E-state index in [9.17, 15) is 9.18 Å². The predicted molar refractivity (Wildman–Crippen MR) is 41.5 cm³/mol. The van der Waals surface area contributed by atoms with Crippen LogP contribution in [0.3, 0.4) is 0 Å². The van der Waals surface area contributed by atoms with Gasteiger partial charge in [0.05, 0.1) is 12.0 Å². The summed E-state index contributed by atoms with van der Waals surface area (Å²) in [5, 5.41) is 0. The van der Waals surface area contributed by atoms with Gasteiger partial charge in [-0.25, -0.2) is 9.82 Å². The lowest BCUT2D eigenvalue weighted by molar-refractivity contribution is -0.121. The number of carbonyl (C=O) groups excluding carboxylic acids is 1. The second-order valence-corrected chi connectivity index (χ2v) is 3.05. The van der Waals surface area contributed by atoms with Crippen molar-refractivity contribution in [2.45, 2.75) is 13.0 Å². The Balaban J connectivity index is 2.33. The van der Waals surface area contributed by atoms with E-state index in [-0.39, 0.29) is 23.7 Å². The molecule has 1 aliphatic carbocycles. The largest absolute Gasteiger partial charge is 0.290 e. The number of halogens is 1. The molecule has 2 N–H and O–H groups in total. The highest BCUT2D eigenvalue weighted by molar-refractivity contribution is 5.84. The highest BCUT2D eigenvalue weighted by Crippen LogP contribution is 2.25. The zero-order chi connectivity index (χ0) is 8.72. The molecule has 1 aliphatic heterocycles. The quantitative estimate of drug-likeness (QED) is 0.550. The van der Waals surface area contributed by atoms with Crippen molar-refractivity contribution in [1.29, 1.82) is 0 Å². The van der Waals surface area contributed by atoms with E-state index >= 15 is 0 Å². The van der Waals surface area contributed by atoms with Crippen molar-refractivity contribution in [2.75, 3.05) is 0 Å². The number of amides is 1. The minimum Gasteiger partial charge on any atom is -0.290 e. The van der Waals surface area contributed by atoms with Crippen LogP contribution in [-0.2, 0) is 4.79 Å². The molecule has 2 unspecified atom stereocenters. The first kappa shape index (κ1) is 7.49. The van der Waals surface area contributed by atoms with Crippen LogP contribution in [0, 0.1) is 5.92 Å². The van der Waals surface area contributed by atoms with Gasteiger partial charge < -0.3 is 0 Å². The summed E-state index contributed by atoms with van der Waals surface area (Å²) in [5.41, 5.74) is 5.69. The third-order valence-corrected chi connectivity index (χ3v) is 2.18. The molecule has 0 spiro atoms. The number of carbonyl (C=O) groups is 1. The molecule has 0 radical (unpaired) electrons. The van der Waals surface area contributed by atoms with Gasteiger partial charge in [0.15, 0.2) is 0 Å². The minimum atomic E-state index is -0.250. The maximum absolute atomic E-state index is 13.0. The number of hydrogen-bond acceptors (Lipinski definition) is 2. The van der Waals surface area contributed by atoms with Crippen molar-refractivity contribution >= 4 is 5.91 Å². The smallest absolute Gasteiger partial charge is 0.243 e. The second-order valence-electron chi connectivity index (χ2n) is 3.05. The maximum atomic E-state index is 13.0. The fourth-order valence-corrected chi connectivity index (χ4v) is 1.45. The highest BCUT2D eigenvalue weighted by atomic mass is 19.1. The Hall–Kier alpha value is -1.16. The number of nitrogens with one attached hydrogen (secondary N) is 2. The van der Waals surface area contributed by atoms with Gasteiger partial charge in [0.2, 0.25) is 5.91 Å². The molecule has 0 aromatic rings. The first-order valence-electron chi connectivity index (χ1n) is 3.80. The molecule has 0 saturated carbocycles. The minimum absolute atomic E-state index is 0.0944. The van der Waals surface area contributed by atoms with E-state index in [4.69, 9.17) is 0 Å². The van der Waals surface area contributed by atoms with Gasteiger partial charge in [0.25, 0.3) is 0 Å². The molecule has 2 atom stereocenters. The van der Waals surface area contributed by atoms with Crippen LogP contribution in [0.1, 0.15) is 6.92 Å². The zero-order valence-electron chi connectivity index (χ0n) is 6.60.